The fourth-order valence-electron chi connectivity index (χ4n) is 6.51. The summed E-state index contributed by atoms with van der Waals surface area (Å²) in [5.74, 6) is 0.504. The number of rotatable bonds is 8. The van der Waals surface area contributed by atoms with Crippen LogP contribution in [0.1, 0.15) is 62.5 Å². The van der Waals surface area contributed by atoms with Crippen molar-refractivity contribution in [1.82, 2.24) is 29.3 Å². The third-order valence-corrected chi connectivity index (χ3v) is 9.22. The highest BCUT2D eigenvalue weighted by Gasteiger charge is 2.32. The van der Waals surface area contributed by atoms with E-state index in [2.05, 4.69) is 15.3 Å². The molecule has 1 aromatic carbocycles. The molecule has 1 saturated heterocycles. The van der Waals surface area contributed by atoms with Crippen molar-refractivity contribution in [2.75, 3.05) is 26.4 Å². The Morgan fingerprint density at radius 3 is 2.51 bits per heavy atom. The van der Waals surface area contributed by atoms with Crippen molar-refractivity contribution in [3.05, 3.63) is 81.6 Å². The van der Waals surface area contributed by atoms with Gasteiger partial charge < -0.3 is 19.5 Å². The second-order valence-corrected chi connectivity index (χ2v) is 14.2. The lowest BCUT2D eigenvalue weighted by Crippen LogP contribution is -2.52. The fraction of sp³-hybridized carbons (Fsp3) is 0.472. The summed E-state index contributed by atoms with van der Waals surface area (Å²) >= 11 is 6.07. The van der Waals surface area contributed by atoms with Crippen LogP contribution in [0, 0.1) is 12.8 Å². The molecule has 0 bridgehead atoms. The van der Waals surface area contributed by atoms with Crippen molar-refractivity contribution in [2.24, 2.45) is 5.92 Å². The van der Waals surface area contributed by atoms with Gasteiger partial charge in [-0.05, 0) is 83.6 Å². The molecule has 0 radical (unpaired) electrons. The van der Waals surface area contributed by atoms with Crippen LogP contribution in [0.3, 0.4) is 0 Å². The predicted molar refractivity (Wildman–Crippen MR) is 186 cm³/mol. The van der Waals surface area contributed by atoms with Gasteiger partial charge in [-0.25, -0.2) is 14.6 Å². The van der Waals surface area contributed by atoms with E-state index in [9.17, 15) is 14.4 Å². The summed E-state index contributed by atoms with van der Waals surface area (Å²) in [5, 5.41) is 3.58. The van der Waals surface area contributed by atoms with E-state index < -0.39 is 11.7 Å². The molecule has 1 saturated carbocycles. The molecule has 13 heteroatoms. The van der Waals surface area contributed by atoms with Gasteiger partial charge in [0.1, 0.15) is 12.2 Å². The number of carbonyl (C=O) groups is 2. The third kappa shape index (κ3) is 8.08. The summed E-state index contributed by atoms with van der Waals surface area (Å²) in [6, 6.07) is 12.7. The van der Waals surface area contributed by atoms with Gasteiger partial charge in [0.05, 0.1) is 58.5 Å². The van der Waals surface area contributed by atoms with Crippen LogP contribution in [0.15, 0.2) is 59.7 Å². The number of benzene rings is 1. The van der Waals surface area contributed by atoms with Crippen LogP contribution in [0.2, 0.25) is 5.02 Å². The van der Waals surface area contributed by atoms with Crippen LogP contribution in [-0.2, 0) is 16.0 Å². The second-order valence-electron chi connectivity index (χ2n) is 13.8. The number of hydrogen-bond donors (Lipinski definition) is 1. The Labute approximate surface area is 290 Å². The molecule has 1 aliphatic carbocycles. The zero-order valence-electron chi connectivity index (χ0n) is 28.4. The quantitative estimate of drug-likeness (QED) is 0.255. The lowest BCUT2D eigenvalue weighted by Gasteiger charge is -2.36. The number of carbonyl (C=O) groups excluding carboxylic acids is 2. The van der Waals surface area contributed by atoms with Crippen molar-refractivity contribution < 1.29 is 23.8 Å². The predicted octanol–water partition coefficient (Wildman–Crippen LogP) is 5.55. The number of aryl methyl sites for hydroxylation is 1. The Kier molecular flexibility index (Phi) is 10.3. The van der Waals surface area contributed by atoms with Crippen molar-refractivity contribution in [3.63, 3.8) is 0 Å². The SMILES string of the molecule is Cc1ncc(Cl)cc1C(=O)NC1CCC(Cn2c(=O)n(-c3ccc(OC[C@H]4COCCN4C(=O)OC(C)(C)C)nc3)c3ccccc32)CC1. The number of amides is 2. The van der Waals surface area contributed by atoms with E-state index in [4.69, 9.17) is 25.8 Å². The first-order chi connectivity index (χ1) is 23.5. The smallest absolute Gasteiger partial charge is 0.410 e. The van der Waals surface area contributed by atoms with E-state index in [0.717, 1.165) is 36.7 Å². The summed E-state index contributed by atoms with van der Waals surface area (Å²) in [6.07, 6.45) is 6.18. The Balaban J connectivity index is 1.10. The molecular formula is C36H43ClN6O6. The number of pyridine rings is 2. The van der Waals surface area contributed by atoms with Crippen LogP contribution >= 0.6 is 11.6 Å². The van der Waals surface area contributed by atoms with Gasteiger partial charge >= 0.3 is 11.8 Å². The topological polar surface area (TPSA) is 130 Å². The number of halogens is 1. The van der Waals surface area contributed by atoms with E-state index in [-0.39, 0.29) is 36.2 Å². The maximum Gasteiger partial charge on any atom is 0.410 e. The molecule has 260 valence electrons. The molecule has 4 heterocycles. The molecular weight excluding hydrogens is 648 g/mol. The van der Waals surface area contributed by atoms with Crippen molar-refractivity contribution in [2.45, 2.75) is 77.6 Å². The summed E-state index contributed by atoms with van der Waals surface area (Å²) in [7, 11) is 0. The van der Waals surface area contributed by atoms with Crippen molar-refractivity contribution >= 4 is 34.6 Å². The number of ether oxygens (including phenoxy) is 3. The van der Waals surface area contributed by atoms with Crippen molar-refractivity contribution in [1.29, 1.82) is 0 Å². The minimum atomic E-state index is -0.603. The lowest BCUT2D eigenvalue weighted by atomic mass is 9.85. The van der Waals surface area contributed by atoms with Gasteiger partial charge in [0, 0.05) is 31.4 Å². The first-order valence-corrected chi connectivity index (χ1v) is 17.1. The first kappa shape index (κ1) is 34.4. The van der Waals surface area contributed by atoms with Gasteiger partial charge in [-0.1, -0.05) is 23.7 Å². The van der Waals surface area contributed by atoms with E-state index in [1.54, 1.807) is 34.7 Å². The number of morpholine rings is 1. The highest BCUT2D eigenvalue weighted by atomic mass is 35.5. The van der Waals surface area contributed by atoms with Crippen LogP contribution in [0.25, 0.3) is 16.7 Å². The molecule has 1 aliphatic heterocycles. The number of nitrogens with one attached hydrogen (secondary N) is 1. The van der Waals surface area contributed by atoms with Gasteiger partial charge in [0.25, 0.3) is 5.91 Å². The molecule has 4 aromatic rings. The van der Waals surface area contributed by atoms with Crippen molar-refractivity contribution in [3.8, 4) is 11.6 Å². The number of imidazole rings is 1. The molecule has 49 heavy (non-hydrogen) atoms. The minimum Gasteiger partial charge on any atom is -0.475 e. The zero-order chi connectivity index (χ0) is 34.7. The van der Waals surface area contributed by atoms with E-state index >= 15 is 0 Å². The van der Waals surface area contributed by atoms with Crippen LogP contribution < -0.4 is 15.7 Å². The average Bonchev–Trinajstić information content (AvgIpc) is 3.35. The zero-order valence-corrected chi connectivity index (χ0v) is 29.1. The summed E-state index contributed by atoms with van der Waals surface area (Å²) < 4.78 is 20.7. The largest absolute Gasteiger partial charge is 0.475 e. The van der Waals surface area contributed by atoms with Gasteiger partial charge in [-0.2, -0.15) is 0 Å². The molecule has 6 rings (SSSR count). The summed E-state index contributed by atoms with van der Waals surface area (Å²) in [6.45, 7) is 9.27. The Hall–Kier alpha value is -4.42. The average molecular weight is 691 g/mol. The Bertz CT molecular complexity index is 1860. The number of para-hydroxylation sites is 2. The second kappa shape index (κ2) is 14.6. The number of nitrogens with zero attached hydrogens (tertiary/aromatic N) is 5. The molecule has 12 nitrogen and oxygen atoms in total. The summed E-state index contributed by atoms with van der Waals surface area (Å²) in [4.78, 5) is 49.9. The fourth-order valence-corrected chi connectivity index (χ4v) is 6.67. The van der Waals surface area contributed by atoms with E-state index in [1.807, 2.05) is 55.7 Å². The normalized spacial score (nSPS) is 19.9. The number of aromatic nitrogens is 4. The number of hydrogen-bond acceptors (Lipinski definition) is 8. The van der Waals surface area contributed by atoms with Gasteiger partial charge in [-0.3, -0.25) is 23.8 Å². The van der Waals surface area contributed by atoms with E-state index in [1.165, 1.54) is 6.20 Å². The Morgan fingerprint density at radius 1 is 1.04 bits per heavy atom. The van der Waals surface area contributed by atoms with E-state index in [0.29, 0.717) is 54.2 Å². The Morgan fingerprint density at radius 2 is 1.80 bits per heavy atom. The van der Waals surface area contributed by atoms with Gasteiger partial charge in [0.2, 0.25) is 5.88 Å². The van der Waals surface area contributed by atoms with Crippen LogP contribution in [0.5, 0.6) is 5.88 Å². The molecule has 2 aliphatic rings. The molecule has 1 N–H and O–H groups in total. The minimum absolute atomic E-state index is 0.0537. The van der Waals surface area contributed by atoms with Gasteiger partial charge in [0.15, 0.2) is 0 Å². The third-order valence-electron chi connectivity index (χ3n) is 9.01. The summed E-state index contributed by atoms with van der Waals surface area (Å²) in [5.41, 5.74) is 2.67. The molecule has 0 unspecified atom stereocenters. The molecule has 2 amide bonds. The molecule has 0 spiro atoms. The molecule has 1 atom stereocenters. The first-order valence-electron chi connectivity index (χ1n) is 16.8. The molecule has 2 fully saturated rings. The van der Waals surface area contributed by atoms with Crippen LogP contribution in [0.4, 0.5) is 4.79 Å². The lowest BCUT2D eigenvalue weighted by molar-refractivity contribution is -0.0421. The maximum atomic E-state index is 13.9. The number of fused-ring (bicyclic) bond motifs is 1. The standard InChI is InChI=1S/C36H43ClN6O6/c1-23-29(17-25(37)18-38-23)33(44)40-26-11-9-24(10-12-26)20-42-30-7-5-6-8-31(30)43(34(42)45)27-13-14-32(39-19-27)48-22-28-21-47-16-15-41(28)35(46)49-36(2,3)4/h5-8,13-14,17-19,24,26,28H,9-12,15-16,20-22H2,1-4H3,(H,40,44)/t24?,26?,28-/m1/s1. The van der Waals surface area contributed by atoms with Gasteiger partial charge in [-0.15, -0.1) is 0 Å². The molecule has 3 aromatic heterocycles. The monoisotopic (exact) mass is 690 g/mol. The van der Waals surface area contributed by atoms with Crippen LogP contribution in [-0.4, -0.2) is 80.1 Å². The maximum absolute atomic E-state index is 13.9. The highest BCUT2D eigenvalue weighted by molar-refractivity contribution is 6.30. The highest BCUT2D eigenvalue weighted by Crippen LogP contribution is 2.28.